The molecule has 1 aliphatic rings. The van der Waals surface area contributed by atoms with Crippen LogP contribution in [-0.2, 0) is 6.54 Å². The Morgan fingerprint density at radius 2 is 2.42 bits per heavy atom. The van der Waals surface area contributed by atoms with Crippen molar-refractivity contribution in [2.45, 2.75) is 32.4 Å². The molecule has 0 aromatic carbocycles. The van der Waals surface area contributed by atoms with Crippen molar-refractivity contribution >= 4 is 5.82 Å². The average molecular weight is 165 g/mol. The summed E-state index contributed by atoms with van der Waals surface area (Å²) in [5.74, 6) is 1.25. The Kier molecular flexibility index (Phi) is 1.79. The first-order valence-electron chi connectivity index (χ1n) is 4.53. The van der Waals surface area contributed by atoms with Gasteiger partial charge in [0.05, 0.1) is 6.20 Å². The molecule has 2 heterocycles. The van der Waals surface area contributed by atoms with Crippen molar-refractivity contribution in [1.29, 1.82) is 0 Å². The van der Waals surface area contributed by atoms with E-state index in [4.69, 9.17) is 0 Å². The predicted molar refractivity (Wildman–Crippen MR) is 49.3 cm³/mol. The topological polar surface area (TPSA) is 21.1 Å². The lowest BCUT2D eigenvalue weighted by molar-refractivity contribution is 0.566. The summed E-state index contributed by atoms with van der Waals surface area (Å²) in [6.07, 6.45) is 4.38. The first-order valence-corrected chi connectivity index (χ1v) is 4.53. The fourth-order valence-corrected chi connectivity index (χ4v) is 1.75. The van der Waals surface area contributed by atoms with Crippen LogP contribution in [0.2, 0.25) is 0 Å². The highest BCUT2D eigenvalue weighted by molar-refractivity contribution is 5.38. The lowest BCUT2D eigenvalue weighted by atomic mass is 10.2. The Labute approximate surface area is 73.0 Å². The average Bonchev–Trinajstić information content (AvgIpc) is 2.46. The van der Waals surface area contributed by atoms with E-state index in [0.717, 1.165) is 6.54 Å². The third-order valence-corrected chi connectivity index (χ3v) is 2.71. The van der Waals surface area contributed by atoms with E-state index in [1.54, 1.807) is 0 Å². The molecule has 0 amide bonds. The molecule has 1 aromatic heterocycles. The molecular formula is C9H15N3. The second-order valence-electron chi connectivity index (χ2n) is 3.51. The molecule has 1 aliphatic heterocycles. The standard InChI is InChI=1S/C9H15N3/c1-8-4-3-7-12-9(11(8)2)5-6-10-12/h5-6,8H,3-4,7H2,1-2H3. The van der Waals surface area contributed by atoms with Crippen molar-refractivity contribution in [2.24, 2.45) is 0 Å². The van der Waals surface area contributed by atoms with Gasteiger partial charge in [-0.15, -0.1) is 0 Å². The maximum absolute atomic E-state index is 4.28. The van der Waals surface area contributed by atoms with Gasteiger partial charge in [0.1, 0.15) is 5.82 Å². The highest BCUT2D eigenvalue weighted by Crippen LogP contribution is 2.21. The summed E-state index contributed by atoms with van der Waals surface area (Å²) in [5.41, 5.74) is 0. The summed E-state index contributed by atoms with van der Waals surface area (Å²) < 4.78 is 2.09. The number of hydrogen-bond donors (Lipinski definition) is 0. The summed E-state index contributed by atoms with van der Waals surface area (Å²) in [5, 5.41) is 4.28. The lowest BCUT2D eigenvalue weighted by Crippen LogP contribution is -2.28. The fourth-order valence-electron chi connectivity index (χ4n) is 1.75. The highest BCUT2D eigenvalue weighted by atomic mass is 15.4. The molecule has 0 radical (unpaired) electrons. The SMILES string of the molecule is CC1CCCn2nccc2N1C. The van der Waals surface area contributed by atoms with Crippen molar-refractivity contribution in [1.82, 2.24) is 9.78 Å². The molecule has 0 aliphatic carbocycles. The zero-order chi connectivity index (χ0) is 8.55. The van der Waals surface area contributed by atoms with Gasteiger partial charge in [-0.05, 0) is 19.8 Å². The minimum Gasteiger partial charge on any atom is -0.357 e. The Morgan fingerprint density at radius 1 is 1.58 bits per heavy atom. The molecule has 1 unspecified atom stereocenters. The summed E-state index contributed by atoms with van der Waals surface area (Å²) in [6, 6.07) is 2.73. The van der Waals surface area contributed by atoms with Crippen LogP contribution in [0, 0.1) is 0 Å². The third kappa shape index (κ3) is 1.09. The van der Waals surface area contributed by atoms with E-state index in [-0.39, 0.29) is 0 Å². The van der Waals surface area contributed by atoms with Crippen LogP contribution in [0.1, 0.15) is 19.8 Å². The number of aromatic nitrogens is 2. The van der Waals surface area contributed by atoms with Crippen LogP contribution in [0.4, 0.5) is 5.82 Å². The van der Waals surface area contributed by atoms with Crippen molar-refractivity contribution in [3.05, 3.63) is 12.3 Å². The van der Waals surface area contributed by atoms with Crippen LogP contribution < -0.4 is 4.90 Å². The van der Waals surface area contributed by atoms with E-state index in [1.807, 2.05) is 6.20 Å². The van der Waals surface area contributed by atoms with Crippen LogP contribution in [0.15, 0.2) is 12.3 Å². The van der Waals surface area contributed by atoms with Gasteiger partial charge in [-0.25, -0.2) is 4.68 Å². The van der Waals surface area contributed by atoms with Crippen LogP contribution in [0.25, 0.3) is 0 Å². The normalized spacial score (nSPS) is 23.5. The number of hydrogen-bond acceptors (Lipinski definition) is 2. The van der Waals surface area contributed by atoms with E-state index >= 15 is 0 Å². The number of rotatable bonds is 0. The minimum absolute atomic E-state index is 0.642. The molecule has 0 fully saturated rings. The number of aryl methyl sites for hydroxylation is 1. The maximum atomic E-state index is 4.28. The van der Waals surface area contributed by atoms with Gasteiger partial charge in [-0.1, -0.05) is 0 Å². The first-order chi connectivity index (χ1) is 5.79. The van der Waals surface area contributed by atoms with Gasteiger partial charge in [0.2, 0.25) is 0 Å². The van der Waals surface area contributed by atoms with E-state index in [9.17, 15) is 0 Å². The summed E-state index contributed by atoms with van der Waals surface area (Å²) in [7, 11) is 2.14. The number of fused-ring (bicyclic) bond motifs is 1. The maximum Gasteiger partial charge on any atom is 0.126 e. The van der Waals surface area contributed by atoms with Crippen molar-refractivity contribution in [3.8, 4) is 0 Å². The Hall–Kier alpha value is -0.990. The van der Waals surface area contributed by atoms with Crippen molar-refractivity contribution in [3.63, 3.8) is 0 Å². The summed E-state index contributed by atoms with van der Waals surface area (Å²) in [6.45, 7) is 3.33. The first kappa shape index (κ1) is 7.65. The van der Waals surface area contributed by atoms with Crippen LogP contribution >= 0.6 is 0 Å². The van der Waals surface area contributed by atoms with Gasteiger partial charge in [-0.2, -0.15) is 5.10 Å². The predicted octanol–water partition coefficient (Wildman–Crippen LogP) is 1.50. The van der Waals surface area contributed by atoms with Gasteiger partial charge in [-0.3, -0.25) is 0 Å². The van der Waals surface area contributed by atoms with Crippen LogP contribution in [0.3, 0.4) is 0 Å². The molecule has 3 heteroatoms. The monoisotopic (exact) mass is 165 g/mol. The second-order valence-corrected chi connectivity index (χ2v) is 3.51. The Bertz CT molecular complexity index is 266. The third-order valence-electron chi connectivity index (χ3n) is 2.71. The van der Waals surface area contributed by atoms with Crippen molar-refractivity contribution < 1.29 is 0 Å². The van der Waals surface area contributed by atoms with E-state index in [0.29, 0.717) is 6.04 Å². The van der Waals surface area contributed by atoms with Gasteiger partial charge in [0, 0.05) is 25.7 Å². The van der Waals surface area contributed by atoms with E-state index in [1.165, 1.54) is 18.7 Å². The zero-order valence-corrected chi connectivity index (χ0v) is 7.70. The van der Waals surface area contributed by atoms with Gasteiger partial charge in [0.25, 0.3) is 0 Å². The smallest absolute Gasteiger partial charge is 0.126 e. The molecule has 2 rings (SSSR count). The molecule has 12 heavy (non-hydrogen) atoms. The van der Waals surface area contributed by atoms with Gasteiger partial charge in [0.15, 0.2) is 0 Å². The van der Waals surface area contributed by atoms with Crippen LogP contribution in [0.5, 0.6) is 0 Å². The number of nitrogens with zero attached hydrogens (tertiary/aromatic N) is 3. The molecule has 0 bridgehead atoms. The molecule has 0 saturated heterocycles. The zero-order valence-electron chi connectivity index (χ0n) is 7.70. The quantitative estimate of drug-likeness (QED) is 0.581. The second kappa shape index (κ2) is 2.81. The summed E-state index contributed by atoms with van der Waals surface area (Å²) >= 11 is 0. The molecule has 0 spiro atoms. The molecule has 3 nitrogen and oxygen atoms in total. The molecule has 66 valence electrons. The molecular weight excluding hydrogens is 150 g/mol. The molecule has 1 aromatic rings. The van der Waals surface area contributed by atoms with Gasteiger partial charge >= 0.3 is 0 Å². The summed E-state index contributed by atoms with van der Waals surface area (Å²) in [4.78, 5) is 2.31. The largest absolute Gasteiger partial charge is 0.357 e. The molecule has 1 atom stereocenters. The van der Waals surface area contributed by atoms with E-state index in [2.05, 4.69) is 34.7 Å². The minimum atomic E-state index is 0.642. The van der Waals surface area contributed by atoms with Gasteiger partial charge < -0.3 is 4.90 Å². The van der Waals surface area contributed by atoms with E-state index < -0.39 is 0 Å². The number of anilines is 1. The van der Waals surface area contributed by atoms with Crippen LogP contribution in [-0.4, -0.2) is 22.9 Å². The molecule has 0 N–H and O–H groups in total. The van der Waals surface area contributed by atoms with Crippen molar-refractivity contribution in [2.75, 3.05) is 11.9 Å². The lowest BCUT2D eigenvalue weighted by Gasteiger charge is -2.23. The fraction of sp³-hybridized carbons (Fsp3) is 0.667. The highest BCUT2D eigenvalue weighted by Gasteiger charge is 2.17. The Morgan fingerprint density at radius 3 is 3.25 bits per heavy atom. The molecule has 0 saturated carbocycles. The Balaban J connectivity index is 2.35.